The summed E-state index contributed by atoms with van der Waals surface area (Å²) in [5.74, 6) is 0.857. The van der Waals surface area contributed by atoms with Crippen LogP contribution in [0.4, 0.5) is 0 Å². The first-order valence-electron chi connectivity index (χ1n) is 10.4. The minimum atomic E-state index is -1.01. The summed E-state index contributed by atoms with van der Waals surface area (Å²) in [5, 5.41) is 10.5. The Bertz CT molecular complexity index is 1330. The number of imidazole rings is 1. The predicted molar refractivity (Wildman–Crippen MR) is 118 cm³/mol. The predicted octanol–water partition coefficient (Wildman–Crippen LogP) is 3.73. The fourth-order valence-corrected chi connectivity index (χ4v) is 4.14. The van der Waals surface area contributed by atoms with E-state index in [1.165, 1.54) is 26.0 Å². The van der Waals surface area contributed by atoms with Crippen molar-refractivity contribution >= 4 is 28.0 Å². The lowest BCUT2D eigenvalue weighted by Gasteiger charge is -2.11. The molecule has 1 atom stereocenters. The zero-order chi connectivity index (χ0) is 21.9. The lowest BCUT2D eigenvalue weighted by Crippen LogP contribution is -2.09. The van der Waals surface area contributed by atoms with Gasteiger partial charge in [-0.3, -0.25) is 0 Å². The molecule has 1 aliphatic carbocycles. The first-order valence-corrected chi connectivity index (χ1v) is 10.4. The molecule has 0 bridgehead atoms. The average molecular weight is 419 g/mol. The molecule has 8 nitrogen and oxygen atoms in total. The van der Waals surface area contributed by atoms with E-state index in [-0.39, 0.29) is 11.6 Å². The molecular formula is C23H25N5O3. The lowest BCUT2D eigenvalue weighted by molar-refractivity contribution is 0.0696. The highest BCUT2D eigenvalue weighted by Gasteiger charge is 2.27. The maximum atomic E-state index is 11.5. The van der Waals surface area contributed by atoms with Gasteiger partial charge in [-0.15, -0.1) is 0 Å². The number of aromatic nitrogens is 4. The molecule has 0 amide bonds. The van der Waals surface area contributed by atoms with E-state index in [1.807, 2.05) is 24.6 Å². The minimum Gasteiger partial charge on any atom is -0.494 e. The Morgan fingerprint density at radius 1 is 1.29 bits per heavy atom. The normalized spacial score (nSPS) is 15.0. The Kier molecular flexibility index (Phi) is 4.48. The van der Waals surface area contributed by atoms with Crippen LogP contribution in [0.15, 0.2) is 30.3 Å². The topological polar surface area (TPSA) is 108 Å². The van der Waals surface area contributed by atoms with Crippen LogP contribution in [-0.4, -0.2) is 37.3 Å². The van der Waals surface area contributed by atoms with Crippen LogP contribution < -0.4 is 10.5 Å². The molecule has 0 saturated heterocycles. The highest BCUT2D eigenvalue weighted by atomic mass is 16.5. The number of rotatable bonds is 6. The zero-order valence-corrected chi connectivity index (χ0v) is 17.8. The van der Waals surface area contributed by atoms with E-state index in [9.17, 15) is 9.90 Å². The number of hydrogen-bond acceptors (Lipinski definition) is 5. The van der Waals surface area contributed by atoms with Crippen LogP contribution in [0.5, 0.6) is 5.75 Å². The van der Waals surface area contributed by atoms with Gasteiger partial charge in [0.2, 0.25) is 0 Å². The summed E-state index contributed by atoms with van der Waals surface area (Å²) in [7, 11) is 3.46. The van der Waals surface area contributed by atoms with Crippen molar-refractivity contribution in [3.05, 3.63) is 41.6 Å². The van der Waals surface area contributed by atoms with Crippen LogP contribution in [0, 0.1) is 5.92 Å². The first kappa shape index (κ1) is 19.6. The van der Waals surface area contributed by atoms with Gasteiger partial charge in [0.25, 0.3) is 0 Å². The van der Waals surface area contributed by atoms with Gasteiger partial charge in [0.15, 0.2) is 5.82 Å². The van der Waals surface area contributed by atoms with Crippen LogP contribution in [0.1, 0.15) is 41.9 Å². The third-order valence-corrected chi connectivity index (χ3v) is 6.00. The summed E-state index contributed by atoms with van der Waals surface area (Å²) < 4.78 is 9.69. The maximum absolute atomic E-state index is 11.5. The molecular weight excluding hydrogens is 394 g/mol. The molecule has 0 radical (unpaired) electrons. The number of carboxylic acid groups (broad SMARTS) is 1. The van der Waals surface area contributed by atoms with Crippen molar-refractivity contribution < 1.29 is 14.6 Å². The second-order valence-corrected chi connectivity index (χ2v) is 8.37. The Balaban J connectivity index is 1.76. The summed E-state index contributed by atoms with van der Waals surface area (Å²) in [5.41, 5.74) is 10.3. The summed E-state index contributed by atoms with van der Waals surface area (Å²) in [6.45, 7) is 2.80. The van der Waals surface area contributed by atoms with Crippen molar-refractivity contribution in [1.82, 2.24) is 19.1 Å². The number of fused-ring (bicyclic) bond motifs is 2. The molecule has 3 N–H and O–H groups in total. The van der Waals surface area contributed by atoms with Crippen LogP contribution in [-0.2, 0) is 13.6 Å². The van der Waals surface area contributed by atoms with Gasteiger partial charge in [-0.05, 0) is 56.0 Å². The van der Waals surface area contributed by atoms with Crippen LogP contribution in [0.2, 0.25) is 0 Å². The maximum Gasteiger partial charge on any atom is 0.335 e. The molecule has 3 heterocycles. The first-order chi connectivity index (χ1) is 14.9. The summed E-state index contributed by atoms with van der Waals surface area (Å²) in [4.78, 5) is 21.2. The van der Waals surface area contributed by atoms with Gasteiger partial charge < -0.3 is 24.7 Å². The van der Waals surface area contributed by atoms with Gasteiger partial charge in [-0.25, -0.2) is 14.8 Å². The fourth-order valence-electron chi connectivity index (χ4n) is 4.14. The molecule has 1 fully saturated rings. The van der Waals surface area contributed by atoms with Crippen molar-refractivity contribution in [3.8, 4) is 17.3 Å². The number of methoxy groups -OCH3 is 1. The van der Waals surface area contributed by atoms with E-state index >= 15 is 0 Å². The van der Waals surface area contributed by atoms with Crippen molar-refractivity contribution in [3.63, 3.8) is 0 Å². The van der Waals surface area contributed by atoms with E-state index in [0.717, 1.165) is 40.3 Å². The van der Waals surface area contributed by atoms with Gasteiger partial charge in [0.05, 0.1) is 29.6 Å². The second kappa shape index (κ2) is 7.09. The Morgan fingerprint density at radius 2 is 2.06 bits per heavy atom. The number of benzene rings is 1. The van der Waals surface area contributed by atoms with Crippen molar-refractivity contribution in [1.29, 1.82) is 0 Å². The number of aryl methyl sites for hydroxylation is 1. The van der Waals surface area contributed by atoms with Crippen molar-refractivity contribution in [2.75, 3.05) is 7.11 Å². The van der Waals surface area contributed by atoms with Gasteiger partial charge in [0, 0.05) is 25.0 Å². The highest BCUT2D eigenvalue weighted by Crippen LogP contribution is 2.37. The Hall–Kier alpha value is -3.39. The zero-order valence-electron chi connectivity index (χ0n) is 17.8. The fraction of sp³-hybridized carbons (Fsp3) is 0.348. The molecule has 0 aliphatic heterocycles. The summed E-state index contributed by atoms with van der Waals surface area (Å²) >= 11 is 0. The number of ether oxygens (including phenoxy) is 1. The molecule has 0 unspecified atom stereocenters. The number of nitrogens with zero attached hydrogens (tertiary/aromatic N) is 4. The highest BCUT2D eigenvalue weighted by molar-refractivity contribution is 5.96. The molecule has 5 rings (SSSR count). The van der Waals surface area contributed by atoms with E-state index in [1.54, 1.807) is 6.07 Å². The third-order valence-electron chi connectivity index (χ3n) is 6.00. The summed E-state index contributed by atoms with van der Waals surface area (Å²) in [6, 6.07) is 9.10. The molecule has 31 heavy (non-hydrogen) atoms. The SMILES string of the molecule is COc1cc(C(=O)O)cc2nc(-c3cc4ccc([C@@H](C)N)nc4n3CC3CC3)n(C)c12. The van der Waals surface area contributed by atoms with Gasteiger partial charge in [0.1, 0.15) is 16.9 Å². The molecule has 160 valence electrons. The standard InChI is InChI=1S/C23H25N5O3/c1-12(24)16-7-6-14-9-18(28(21(14)25-16)11-13-4-5-13)22-26-17-8-15(23(29)30)10-19(31-3)20(17)27(22)2/h6-10,12-13H,4-5,11,24H2,1-3H3,(H,29,30)/t12-/m1/s1. The number of aromatic carboxylic acids is 1. The molecule has 1 aliphatic rings. The van der Waals surface area contributed by atoms with Crippen LogP contribution >= 0.6 is 0 Å². The second-order valence-electron chi connectivity index (χ2n) is 8.37. The smallest absolute Gasteiger partial charge is 0.335 e. The quantitative estimate of drug-likeness (QED) is 0.493. The number of carbonyl (C=O) groups is 1. The number of nitrogens with two attached hydrogens (primary N) is 1. The molecule has 1 saturated carbocycles. The van der Waals surface area contributed by atoms with Gasteiger partial charge in [-0.2, -0.15) is 0 Å². The molecule has 3 aromatic heterocycles. The third kappa shape index (κ3) is 3.23. The molecule has 1 aromatic carbocycles. The van der Waals surface area contributed by atoms with Gasteiger partial charge >= 0.3 is 5.97 Å². The van der Waals surface area contributed by atoms with Crippen molar-refractivity contribution in [2.24, 2.45) is 18.7 Å². The number of carboxylic acids is 1. The number of pyridine rings is 1. The monoisotopic (exact) mass is 419 g/mol. The van der Waals surface area contributed by atoms with Crippen LogP contribution in [0.3, 0.4) is 0 Å². The van der Waals surface area contributed by atoms with E-state index < -0.39 is 5.97 Å². The van der Waals surface area contributed by atoms with E-state index in [2.05, 4.69) is 16.7 Å². The van der Waals surface area contributed by atoms with Crippen LogP contribution in [0.25, 0.3) is 33.6 Å². The molecule has 8 heteroatoms. The largest absolute Gasteiger partial charge is 0.494 e. The Labute approximate surface area is 179 Å². The molecule has 0 spiro atoms. The Morgan fingerprint density at radius 3 is 2.71 bits per heavy atom. The van der Waals surface area contributed by atoms with Gasteiger partial charge in [-0.1, -0.05) is 0 Å². The molecule has 4 aromatic rings. The van der Waals surface area contributed by atoms with E-state index in [4.69, 9.17) is 20.4 Å². The average Bonchev–Trinajstić information content (AvgIpc) is 3.42. The summed E-state index contributed by atoms with van der Waals surface area (Å²) in [6.07, 6.45) is 2.43. The van der Waals surface area contributed by atoms with E-state index in [0.29, 0.717) is 17.2 Å². The van der Waals surface area contributed by atoms with Crippen molar-refractivity contribution in [2.45, 2.75) is 32.4 Å². The minimum absolute atomic E-state index is 0.147. The lowest BCUT2D eigenvalue weighted by atomic mass is 10.2. The number of hydrogen-bond donors (Lipinski definition) is 2.